The molecule has 158 valence electrons. The third kappa shape index (κ3) is 7.81. The molecule has 0 radical (unpaired) electrons. The lowest BCUT2D eigenvalue weighted by Gasteiger charge is -2.27. The van der Waals surface area contributed by atoms with E-state index in [1.54, 1.807) is 26.1 Å². The van der Waals surface area contributed by atoms with Gasteiger partial charge in [0.1, 0.15) is 5.82 Å². The minimum absolute atomic E-state index is 0. The van der Waals surface area contributed by atoms with Crippen LogP contribution >= 0.6 is 24.0 Å². The van der Waals surface area contributed by atoms with Crippen molar-refractivity contribution in [2.45, 2.75) is 45.1 Å². The van der Waals surface area contributed by atoms with E-state index in [2.05, 4.69) is 34.8 Å². The molecule has 6 nitrogen and oxygen atoms in total. The molecule has 2 rings (SSSR count). The molecule has 1 unspecified atom stereocenters. The van der Waals surface area contributed by atoms with Crippen LogP contribution in [0.2, 0.25) is 0 Å². The maximum Gasteiger partial charge on any atom is 0.407 e. The molecule has 0 aromatic heterocycles. The lowest BCUT2D eigenvalue weighted by Crippen LogP contribution is -2.49. The second-order valence-electron chi connectivity index (χ2n) is 7.51. The molecule has 0 heterocycles. The molecule has 8 heteroatoms. The Morgan fingerprint density at radius 3 is 2.64 bits per heavy atom. The average molecular weight is 506 g/mol. The van der Waals surface area contributed by atoms with Gasteiger partial charge in [0.15, 0.2) is 5.96 Å². The number of benzene rings is 1. The standard InChI is InChI=1S/C20H31FN4O2.HI/c1-5-27-19(26)25-17(14-9-10-14)12-23-18(22-4)24-13-20(2,3)15-7-6-8-16(21)11-15;/h6-8,11,14,17H,5,9-10,12-13H2,1-4H3,(H,25,26)(H2,22,23,24);1H. The summed E-state index contributed by atoms with van der Waals surface area (Å²) in [6.45, 7) is 7.42. The van der Waals surface area contributed by atoms with Crippen molar-refractivity contribution in [3.05, 3.63) is 35.6 Å². The third-order valence-electron chi connectivity index (χ3n) is 4.79. The van der Waals surface area contributed by atoms with Crippen molar-refractivity contribution >= 4 is 36.0 Å². The number of amides is 1. The van der Waals surface area contributed by atoms with Crippen LogP contribution in [0.3, 0.4) is 0 Å². The fraction of sp³-hybridized carbons (Fsp3) is 0.600. The molecule has 1 aromatic carbocycles. The number of hydrogen-bond acceptors (Lipinski definition) is 3. The number of aliphatic imine (C=N–C) groups is 1. The molecular weight excluding hydrogens is 474 g/mol. The molecule has 28 heavy (non-hydrogen) atoms. The van der Waals surface area contributed by atoms with Gasteiger partial charge in [0, 0.05) is 25.6 Å². The van der Waals surface area contributed by atoms with E-state index in [1.807, 2.05) is 6.07 Å². The summed E-state index contributed by atoms with van der Waals surface area (Å²) in [4.78, 5) is 15.9. The number of halogens is 2. The molecule has 1 fully saturated rings. The number of carbonyl (C=O) groups is 1. The fourth-order valence-electron chi connectivity index (χ4n) is 2.90. The highest BCUT2D eigenvalue weighted by atomic mass is 127. The Bertz CT molecular complexity index is 665. The van der Waals surface area contributed by atoms with Crippen molar-refractivity contribution in [1.29, 1.82) is 0 Å². The van der Waals surface area contributed by atoms with Crippen LogP contribution in [0.4, 0.5) is 9.18 Å². The molecule has 1 aliphatic rings. The van der Waals surface area contributed by atoms with Gasteiger partial charge in [-0.1, -0.05) is 26.0 Å². The highest BCUT2D eigenvalue weighted by Crippen LogP contribution is 2.32. The zero-order chi connectivity index (χ0) is 19.9. The highest BCUT2D eigenvalue weighted by Gasteiger charge is 2.32. The van der Waals surface area contributed by atoms with E-state index in [-0.39, 0.29) is 47.3 Å². The van der Waals surface area contributed by atoms with Gasteiger partial charge in [-0.15, -0.1) is 24.0 Å². The van der Waals surface area contributed by atoms with Gasteiger partial charge in [-0.2, -0.15) is 0 Å². The summed E-state index contributed by atoms with van der Waals surface area (Å²) in [5, 5.41) is 9.48. The number of carbonyl (C=O) groups excluding carboxylic acids is 1. The van der Waals surface area contributed by atoms with Gasteiger partial charge in [-0.25, -0.2) is 9.18 Å². The van der Waals surface area contributed by atoms with E-state index in [0.29, 0.717) is 31.6 Å². The molecule has 1 aromatic rings. The molecule has 3 N–H and O–H groups in total. The van der Waals surface area contributed by atoms with Crippen LogP contribution in [0.1, 0.15) is 39.2 Å². The van der Waals surface area contributed by atoms with Gasteiger partial charge in [0.2, 0.25) is 0 Å². The molecule has 1 amide bonds. The molecule has 1 atom stereocenters. The number of ether oxygens (including phenoxy) is 1. The first kappa shape index (κ1) is 24.5. The highest BCUT2D eigenvalue weighted by molar-refractivity contribution is 14.0. The van der Waals surface area contributed by atoms with Gasteiger partial charge >= 0.3 is 6.09 Å². The summed E-state index contributed by atoms with van der Waals surface area (Å²) in [5.41, 5.74) is 0.656. The Morgan fingerprint density at radius 2 is 2.07 bits per heavy atom. The normalized spacial score (nSPS) is 15.2. The van der Waals surface area contributed by atoms with Crippen molar-refractivity contribution in [2.24, 2.45) is 10.9 Å². The first-order valence-electron chi connectivity index (χ1n) is 9.49. The van der Waals surface area contributed by atoms with Crippen molar-refractivity contribution in [3.63, 3.8) is 0 Å². The quantitative estimate of drug-likeness (QED) is 0.287. The van der Waals surface area contributed by atoms with Crippen LogP contribution < -0.4 is 16.0 Å². The van der Waals surface area contributed by atoms with E-state index >= 15 is 0 Å². The molecule has 0 spiro atoms. The Kier molecular flexibility index (Phi) is 9.98. The first-order chi connectivity index (χ1) is 12.9. The lowest BCUT2D eigenvalue weighted by atomic mass is 9.84. The number of rotatable bonds is 8. The summed E-state index contributed by atoms with van der Waals surface area (Å²) in [5.74, 6) is 0.889. The average Bonchev–Trinajstić information content (AvgIpc) is 3.46. The van der Waals surface area contributed by atoms with Crippen LogP contribution in [0.15, 0.2) is 29.3 Å². The van der Waals surface area contributed by atoms with E-state index in [9.17, 15) is 9.18 Å². The monoisotopic (exact) mass is 506 g/mol. The number of nitrogens with one attached hydrogen (secondary N) is 3. The largest absolute Gasteiger partial charge is 0.450 e. The Morgan fingerprint density at radius 1 is 1.36 bits per heavy atom. The minimum atomic E-state index is -0.383. The van der Waals surface area contributed by atoms with E-state index in [4.69, 9.17) is 4.74 Å². The van der Waals surface area contributed by atoms with Crippen molar-refractivity contribution in [2.75, 3.05) is 26.7 Å². The van der Waals surface area contributed by atoms with Crippen LogP contribution in [0, 0.1) is 11.7 Å². The van der Waals surface area contributed by atoms with Gasteiger partial charge in [0.05, 0.1) is 12.6 Å². The Balaban J connectivity index is 0.00000392. The van der Waals surface area contributed by atoms with E-state index < -0.39 is 0 Å². The van der Waals surface area contributed by atoms with E-state index in [0.717, 1.165) is 18.4 Å². The third-order valence-corrected chi connectivity index (χ3v) is 4.79. The van der Waals surface area contributed by atoms with Crippen molar-refractivity contribution in [1.82, 2.24) is 16.0 Å². The van der Waals surface area contributed by atoms with Gasteiger partial charge in [0.25, 0.3) is 0 Å². The Hall–Kier alpha value is -1.58. The van der Waals surface area contributed by atoms with Crippen molar-refractivity contribution in [3.8, 4) is 0 Å². The zero-order valence-electron chi connectivity index (χ0n) is 17.0. The Labute approximate surface area is 184 Å². The van der Waals surface area contributed by atoms with Crippen molar-refractivity contribution < 1.29 is 13.9 Å². The van der Waals surface area contributed by atoms with E-state index in [1.165, 1.54) is 6.07 Å². The maximum atomic E-state index is 13.5. The predicted molar refractivity (Wildman–Crippen MR) is 121 cm³/mol. The van der Waals surface area contributed by atoms with Crippen LogP contribution in [0.5, 0.6) is 0 Å². The first-order valence-corrected chi connectivity index (χ1v) is 9.49. The molecule has 0 saturated heterocycles. The maximum absolute atomic E-state index is 13.5. The van der Waals surface area contributed by atoms with Crippen LogP contribution in [-0.2, 0) is 10.2 Å². The SMILES string of the molecule is CCOC(=O)NC(CNC(=NC)NCC(C)(C)c1cccc(F)c1)C1CC1.I. The summed E-state index contributed by atoms with van der Waals surface area (Å²) < 4.78 is 18.5. The minimum Gasteiger partial charge on any atom is -0.450 e. The van der Waals surface area contributed by atoms with Gasteiger partial charge < -0.3 is 20.7 Å². The molecule has 1 aliphatic carbocycles. The van der Waals surface area contributed by atoms with Gasteiger partial charge in [-0.05, 0) is 43.4 Å². The number of nitrogens with zero attached hydrogens (tertiary/aromatic N) is 1. The number of hydrogen-bond donors (Lipinski definition) is 3. The second-order valence-corrected chi connectivity index (χ2v) is 7.51. The van der Waals surface area contributed by atoms with Gasteiger partial charge in [-0.3, -0.25) is 4.99 Å². The molecule has 1 saturated carbocycles. The smallest absolute Gasteiger partial charge is 0.407 e. The van der Waals surface area contributed by atoms with Crippen LogP contribution in [0.25, 0.3) is 0 Å². The summed E-state index contributed by atoms with van der Waals surface area (Å²) in [6.07, 6.45) is 1.83. The number of guanidine groups is 1. The van der Waals surface area contributed by atoms with Crippen LogP contribution in [-0.4, -0.2) is 44.8 Å². The fourth-order valence-corrected chi connectivity index (χ4v) is 2.90. The lowest BCUT2D eigenvalue weighted by molar-refractivity contribution is 0.146. The topological polar surface area (TPSA) is 74.8 Å². The molecule has 0 aliphatic heterocycles. The molecule has 0 bridgehead atoms. The molecular formula is C20H32FIN4O2. The summed E-state index contributed by atoms with van der Waals surface area (Å²) in [7, 11) is 1.70. The summed E-state index contributed by atoms with van der Waals surface area (Å²) in [6, 6.07) is 6.67. The summed E-state index contributed by atoms with van der Waals surface area (Å²) >= 11 is 0. The second kappa shape index (κ2) is 11.4. The predicted octanol–water partition coefficient (Wildman–Crippen LogP) is 3.41. The zero-order valence-corrected chi connectivity index (χ0v) is 19.4. The number of alkyl carbamates (subject to hydrolysis) is 1.